The average molecular weight is 319 g/mol. The van der Waals surface area contributed by atoms with Crippen molar-refractivity contribution in [2.45, 2.75) is 17.1 Å². The smallest absolute Gasteiger partial charge is 0.358 e. The van der Waals surface area contributed by atoms with Gasteiger partial charge in [-0.15, -0.1) is 11.3 Å². The molecule has 1 aromatic rings. The van der Waals surface area contributed by atoms with E-state index in [4.69, 9.17) is 0 Å². The monoisotopic (exact) mass is 319 g/mol. The Morgan fingerprint density at radius 1 is 1.65 bits per heavy atom. The van der Waals surface area contributed by atoms with E-state index in [0.717, 1.165) is 37.3 Å². The maximum atomic E-state index is 12.2. The minimum atomic E-state index is -3.72. The predicted molar refractivity (Wildman–Crippen MR) is 74.2 cm³/mol. The second-order valence-corrected chi connectivity index (χ2v) is 7.36. The number of sulfonamides is 1. The van der Waals surface area contributed by atoms with Gasteiger partial charge in [0, 0.05) is 6.54 Å². The lowest BCUT2D eigenvalue weighted by molar-refractivity contribution is 0.0590. The molecule has 112 valence electrons. The van der Waals surface area contributed by atoms with Gasteiger partial charge in [0.25, 0.3) is 10.0 Å². The highest BCUT2D eigenvalue weighted by atomic mass is 32.2. The number of nitrogens with zero attached hydrogens (tertiary/aromatic N) is 1. The van der Waals surface area contributed by atoms with Gasteiger partial charge in [-0.25, -0.2) is 22.9 Å². The quantitative estimate of drug-likeness (QED) is 0.753. The van der Waals surface area contributed by atoms with E-state index in [1.807, 2.05) is 0 Å². The molecule has 0 unspecified atom stereocenters. The summed E-state index contributed by atoms with van der Waals surface area (Å²) in [5, 5.41) is 3.23. The summed E-state index contributed by atoms with van der Waals surface area (Å²) in [6, 6.07) is 0. The zero-order chi connectivity index (χ0) is 14.6. The summed E-state index contributed by atoms with van der Waals surface area (Å²) in [7, 11) is -2.53. The van der Waals surface area contributed by atoms with Crippen molar-refractivity contribution in [2.75, 3.05) is 26.7 Å². The summed E-state index contributed by atoms with van der Waals surface area (Å²) in [4.78, 5) is 15.2. The fourth-order valence-corrected chi connectivity index (χ4v) is 4.34. The van der Waals surface area contributed by atoms with E-state index in [1.165, 1.54) is 12.6 Å². The molecule has 2 heterocycles. The van der Waals surface area contributed by atoms with Gasteiger partial charge < -0.3 is 10.1 Å². The number of piperidine rings is 1. The third-order valence-corrected chi connectivity index (χ3v) is 5.91. The number of carbonyl (C=O) groups is 1. The Kier molecular flexibility index (Phi) is 5.08. The maximum absolute atomic E-state index is 12.2. The number of methoxy groups -OCH3 is 1. The Morgan fingerprint density at radius 2 is 2.45 bits per heavy atom. The lowest BCUT2D eigenvalue weighted by Crippen LogP contribution is -2.38. The number of rotatable bonds is 5. The first kappa shape index (κ1) is 15.4. The highest BCUT2D eigenvalue weighted by Crippen LogP contribution is 2.21. The summed E-state index contributed by atoms with van der Waals surface area (Å²) < 4.78 is 31.4. The minimum absolute atomic E-state index is 0.0897. The summed E-state index contributed by atoms with van der Waals surface area (Å²) >= 11 is 0.909. The van der Waals surface area contributed by atoms with E-state index in [2.05, 4.69) is 19.8 Å². The number of aromatic nitrogens is 1. The second kappa shape index (κ2) is 6.61. The molecule has 20 heavy (non-hydrogen) atoms. The zero-order valence-electron chi connectivity index (χ0n) is 11.1. The van der Waals surface area contributed by atoms with Crippen LogP contribution in [0.25, 0.3) is 0 Å². The van der Waals surface area contributed by atoms with E-state index in [9.17, 15) is 13.2 Å². The van der Waals surface area contributed by atoms with Crippen molar-refractivity contribution in [2.24, 2.45) is 5.92 Å². The number of thiazole rings is 1. The largest absolute Gasteiger partial charge is 0.464 e. The molecule has 9 heteroatoms. The molecule has 0 amide bonds. The van der Waals surface area contributed by atoms with Crippen molar-refractivity contribution in [1.82, 2.24) is 15.0 Å². The Hall–Kier alpha value is -1.03. The van der Waals surface area contributed by atoms with Crippen LogP contribution in [0.4, 0.5) is 0 Å². The molecule has 1 fully saturated rings. The van der Waals surface area contributed by atoms with Crippen molar-refractivity contribution in [3.05, 3.63) is 11.2 Å². The van der Waals surface area contributed by atoms with Crippen LogP contribution >= 0.6 is 11.3 Å². The van der Waals surface area contributed by atoms with Crippen LogP contribution in [0, 0.1) is 5.92 Å². The van der Waals surface area contributed by atoms with Gasteiger partial charge in [0.05, 0.1) is 12.6 Å². The van der Waals surface area contributed by atoms with Gasteiger partial charge in [-0.05, 0) is 31.8 Å². The fraction of sp³-hybridized carbons (Fsp3) is 0.636. The average Bonchev–Trinajstić information content (AvgIpc) is 2.96. The van der Waals surface area contributed by atoms with Crippen molar-refractivity contribution in [1.29, 1.82) is 0 Å². The number of hydrogen-bond donors (Lipinski definition) is 2. The van der Waals surface area contributed by atoms with E-state index >= 15 is 0 Å². The van der Waals surface area contributed by atoms with Crippen LogP contribution in [0.5, 0.6) is 0 Å². The van der Waals surface area contributed by atoms with Gasteiger partial charge in [-0.3, -0.25) is 0 Å². The van der Waals surface area contributed by atoms with Crippen LogP contribution in [0.3, 0.4) is 0 Å². The number of hydrogen-bond acceptors (Lipinski definition) is 7. The van der Waals surface area contributed by atoms with E-state index in [1.54, 1.807) is 0 Å². The molecule has 1 saturated heterocycles. The molecule has 1 aliphatic rings. The third kappa shape index (κ3) is 3.54. The standard InChI is InChI=1S/C11H17N3O4S2/c1-18-10(15)9-11(19-7-13-9)20(16,17)14-6-8-3-2-4-12-5-8/h7-8,12,14H,2-6H2,1H3/t8-/m0/s1. The van der Waals surface area contributed by atoms with Crippen LogP contribution in [-0.4, -0.2) is 46.1 Å². The van der Waals surface area contributed by atoms with Crippen molar-refractivity contribution in [3.8, 4) is 0 Å². The topological polar surface area (TPSA) is 97.4 Å². The van der Waals surface area contributed by atoms with Crippen LogP contribution < -0.4 is 10.0 Å². The first-order chi connectivity index (χ1) is 9.54. The van der Waals surface area contributed by atoms with Crippen LogP contribution in [0.15, 0.2) is 9.72 Å². The van der Waals surface area contributed by atoms with Gasteiger partial charge in [0.2, 0.25) is 0 Å². The van der Waals surface area contributed by atoms with Gasteiger partial charge in [0.1, 0.15) is 0 Å². The Morgan fingerprint density at radius 3 is 3.10 bits per heavy atom. The van der Waals surface area contributed by atoms with Gasteiger partial charge in [-0.1, -0.05) is 0 Å². The minimum Gasteiger partial charge on any atom is -0.464 e. The van der Waals surface area contributed by atoms with Crippen LogP contribution in [-0.2, 0) is 14.8 Å². The summed E-state index contributed by atoms with van der Waals surface area (Å²) in [5.74, 6) is -0.473. The molecule has 0 spiro atoms. The highest BCUT2D eigenvalue weighted by Gasteiger charge is 2.27. The fourth-order valence-electron chi connectivity index (χ4n) is 2.05. The molecule has 0 aromatic carbocycles. The van der Waals surface area contributed by atoms with Gasteiger partial charge in [-0.2, -0.15) is 0 Å². The first-order valence-corrected chi connectivity index (χ1v) is 8.63. The maximum Gasteiger partial charge on any atom is 0.358 e. The lowest BCUT2D eigenvalue weighted by Gasteiger charge is -2.22. The lowest BCUT2D eigenvalue weighted by atomic mass is 10.0. The molecular formula is C11H17N3O4S2. The van der Waals surface area contributed by atoms with Crippen molar-refractivity contribution in [3.63, 3.8) is 0 Å². The molecule has 0 aliphatic carbocycles. The number of esters is 1. The normalized spacial score (nSPS) is 19.8. The number of carbonyl (C=O) groups excluding carboxylic acids is 1. The molecule has 0 radical (unpaired) electrons. The number of ether oxygens (including phenoxy) is 1. The van der Waals surface area contributed by atoms with Gasteiger partial charge >= 0.3 is 5.97 Å². The molecule has 0 saturated carbocycles. The molecule has 0 bridgehead atoms. The zero-order valence-corrected chi connectivity index (χ0v) is 12.7. The van der Waals surface area contributed by atoms with Crippen molar-refractivity contribution < 1.29 is 17.9 Å². The highest BCUT2D eigenvalue weighted by molar-refractivity contribution is 7.91. The molecule has 1 aliphatic heterocycles. The Bertz CT molecular complexity index is 564. The summed E-state index contributed by atoms with van der Waals surface area (Å²) in [6.07, 6.45) is 2.03. The molecule has 1 aromatic heterocycles. The predicted octanol–water partition coefficient (Wildman–Crippen LogP) is 0.208. The molecule has 2 N–H and O–H groups in total. The summed E-state index contributed by atoms with van der Waals surface area (Å²) in [6.45, 7) is 2.13. The number of nitrogens with one attached hydrogen (secondary N) is 2. The first-order valence-electron chi connectivity index (χ1n) is 6.27. The van der Waals surface area contributed by atoms with Crippen LogP contribution in [0.2, 0.25) is 0 Å². The molecule has 1 atom stereocenters. The SMILES string of the molecule is COC(=O)c1ncsc1S(=O)(=O)NC[C@H]1CCCNC1. The molecule has 2 rings (SSSR count). The van der Waals surface area contributed by atoms with E-state index in [-0.39, 0.29) is 15.8 Å². The Labute approximate surface area is 121 Å². The third-order valence-electron chi connectivity index (χ3n) is 3.12. The van der Waals surface area contributed by atoms with Gasteiger partial charge in [0.15, 0.2) is 9.90 Å². The molecular weight excluding hydrogens is 302 g/mol. The Balaban J connectivity index is 2.06. The second-order valence-electron chi connectivity index (χ2n) is 4.54. The van der Waals surface area contributed by atoms with Crippen LogP contribution in [0.1, 0.15) is 23.3 Å². The molecule has 7 nitrogen and oxygen atoms in total. The van der Waals surface area contributed by atoms with Crippen molar-refractivity contribution >= 4 is 27.3 Å². The summed E-state index contributed by atoms with van der Waals surface area (Å²) in [5.41, 5.74) is 1.16. The van der Waals surface area contributed by atoms with E-state index in [0.29, 0.717) is 6.54 Å². The van der Waals surface area contributed by atoms with E-state index < -0.39 is 16.0 Å².